The summed E-state index contributed by atoms with van der Waals surface area (Å²) in [5.41, 5.74) is 0.925. The molecule has 1 aliphatic rings. The van der Waals surface area contributed by atoms with E-state index in [4.69, 9.17) is 4.74 Å². The predicted octanol–water partition coefficient (Wildman–Crippen LogP) is 5.58. The van der Waals surface area contributed by atoms with E-state index in [1.165, 1.54) is 35.2 Å². The van der Waals surface area contributed by atoms with Gasteiger partial charge in [-0.15, -0.1) is 0 Å². The van der Waals surface area contributed by atoms with E-state index < -0.39 is 40.1 Å². The number of H-pyrrole nitrogens is 1. The first-order valence-electron chi connectivity index (χ1n) is 12.6. The maximum absolute atomic E-state index is 13.0. The third kappa shape index (κ3) is 5.75. The van der Waals surface area contributed by atoms with Crippen LogP contribution in [0.15, 0.2) is 65.7 Å². The Labute approximate surface area is 232 Å². The molecule has 1 fully saturated rings. The van der Waals surface area contributed by atoms with E-state index in [0.29, 0.717) is 40.1 Å². The Hall–Kier alpha value is -4.39. The maximum atomic E-state index is 13.0. The van der Waals surface area contributed by atoms with Gasteiger partial charge in [-0.05, 0) is 61.0 Å². The molecule has 1 aliphatic heterocycles. The number of sulfone groups is 1. The van der Waals surface area contributed by atoms with E-state index in [9.17, 15) is 36.3 Å². The Morgan fingerprint density at radius 2 is 1.88 bits per heavy atom. The highest BCUT2D eigenvalue weighted by Crippen LogP contribution is 2.42. The molecule has 0 radical (unpaired) electrons. The zero-order valence-electron chi connectivity index (χ0n) is 21.6. The highest BCUT2D eigenvalue weighted by atomic mass is 32.2. The van der Waals surface area contributed by atoms with Crippen molar-refractivity contribution in [2.24, 2.45) is 0 Å². The predicted molar refractivity (Wildman–Crippen MR) is 142 cm³/mol. The molecule has 0 spiro atoms. The van der Waals surface area contributed by atoms with Crippen LogP contribution in [0.5, 0.6) is 11.5 Å². The van der Waals surface area contributed by atoms with E-state index in [1.807, 2.05) is 0 Å². The minimum atomic E-state index is -4.52. The van der Waals surface area contributed by atoms with E-state index in [-0.39, 0.29) is 28.7 Å². The first-order valence-corrected chi connectivity index (χ1v) is 14.2. The second-order valence-electron chi connectivity index (χ2n) is 9.54. The maximum Gasteiger partial charge on any atom is 0.417 e. The van der Waals surface area contributed by atoms with Crippen molar-refractivity contribution in [3.63, 3.8) is 0 Å². The van der Waals surface area contributed by atoms with Crippen LogP contribution >= 0.6 is 0 Å². The zero-order valence-corrected chi connectivity index (χ0v) is 22.4. The second kappa shape index (κ2) is 10.5. The fourth-order valence-electron chi connectivity index (χ4n) is 4.79. The largest absolute Gasteiger partial charge is 0.480 e. The highest BCUT2D eigenvalue weighted by molar-refractivity contribution is 7.91. The number of aromatic nitrogens is 2. The number of benzene rings is 2. The van der Waals surface area contributed by atoms with Crippen molar-refractivity contribution in [2.45, 2.75) is 36.9 Å². The van der Waals surface area contributed by atoms with Crippen molar-refractivity contribution < 1.29 is 41.0 Å². The zero-order chi connectivity index (χ0) is 29.5. The number of alkyl halides is 3. The Kier molecular flexibility index (Phi) is 7.24. The number of likely N-dealkylation sites (tertiary alicyclic amines) is 1. The van der Waals surface area contributed by atoms with Crippen LogP contribution in [0.1, 0.15) is 36.9 Å². The van der Waals surface area contributed by atoms with Crippen LogP contribution < -0.4 is 4.74 Å². The standard InChI is InChI=1S/C28H24F3N3O6S/c1-2-41(38,39)19-6-4-18(5-7-19)40-25-12-16-11-23(21-8-3-17(14-32-21)28(29,30)31)33-22(16)13-20(25)24-9-10-26(35)34(24)15-27(36)37/h3-8,11-14,24,33H,2,9-10,15H2,1H3,(H,36,37). The van der Waals surface area contributed by atoms with Gasteiger partial charge in [0, 0.05) is 29.1 Å². The summed E-state index contributed by atoms with van der Waals surface area (Å²) in [6.45, 7) is 1.04. The number of ether oxygens (including phenoxy) is 1. The van der Waals surface area contributed by atoms with E-state index in [1.54, 1.807) is 25.1 Å². The molecule has 3 heterocycles. The van der Waals surface area contributed by atoms with Crippen molar-refractivity contribution in [1.29, 1.82) is 0 Å². The molecule has 1 atom stereocenters. The first-order chi connectivity index (χ1) is 19.4. The summed E-state index contributed by atoms with van der Waals surface area (Å²) in [7, 11) is -3.43. The van der Waals surface area contributed by atoms with Crippen LogP contribution in [-0.2, 0) is 25.6 Å². The van der Waals surface area contributed by atoms with Gasteiger partial charge in [-0.3, -0.25) is 14.6 Å². The van der Waals surface area contributed by atoms with Crippen LogP contribution in [0, 0.1) is 0 Å². The second-order valence-corrected chi connectivity index (χ2v) is 11.8. The summed E-state index contributed by atoms with van der Waals surface area (Å²) in [4.78, 5) is 32.5. The number of pyridine rings is 1. The highest BCUT2D eigenvalue weighted by Gasteiger charge is 2.36. The number of hydrogen-bond donors (Lipinski definition) is 2. The third-order valence-corrected chi connectivity index (χ3v) is 8.65. The Bertz CT molecular complexity index is 1730. The molecule has 0 saturated carbocycles. The number of nitrogens with zero attached hydrogens (tertiary/aromatic N) is 2. The number of aliphatic carboxylic acids is 1. The van der Waals surface area contributed by atoms with Crippen molar-refractivity contribution in [2.75, 3.05) is 12.3 Å². The summed E-state index contributed by atoms with van der Waals surface area (Å²) in [5.74, 6) is -0.928. The Balaban J connectivity index is 1.57. The summed E-state index contributed by atoms with van der Waals surface area (Å²) < 4.78 is 69.5. The van der Waals surface area contributed by atoms with Crippen LogP contribution in [0.4, 0.5) is 13.2 Å². The molecule has 1 unspecified atom stereocenters. The average molecular weight is 588 g/mol. The SMILES string of the molecule is CCS(=O)(=O)c1ccc(Oc2cc3cc(-c4ccc(C(F)(F)F)cn4)[nH]c3cc2C2CCC(=O)N2CC(=O)O)cc1. The number of carboxylic acids is 1. The van der Waals surface area contributed by atoms with Crippen molar-refractivity contribution in [1.82, 2.24) is 14.9 Å². The number of halogens is 3. The minimum absolute atomic E-state index is 0.0627. The number of nitrogens with one attached hydrogen (secondary N) is 1. The fraction of sp³-hybridized carbons (Fsp3) is 0.250. The molecule has 1 amide bonds. The molecule has 0 aliphatic carbocycles. The number of carbonyl (C=O) groups is 2. The lowest BCUT2D eigenvalue weighted by Crippen LogP contribution is -2.33. The van der Waals surface area contributed by atoms with Gasteiger partial charge in [-0.25, -0.2) is 8.42 Å². The van der Waals surface area contributed by atoms with Gasteiger partial charge < -0.3 is 19.7 Å². The van der Waals surface area contributed by atoms with E-state index >= 15 is 0 Å². The van der Waals surface area contributed by atoms with Gasteiger partial charge in [-0.1, -0.05) is 6.92 Å². The summed E-state index contributed by atoms with van der Waals surface area (Å²) in [5, 5.41) is 10.0. The van der Waals surface area contributed by atoms with Crippen molar-refractivity contribution in [3.8, 4) is 22.9 Å². The quantitative estimate of drug-likeness (QED) is 0.275. The lowest BCUT2D eigenvalue weighted by atomic mass is 10.0. The summed E-state index contributed by atoms with van der Waals surface area (Å²) >= 11 is 0. The number of carboxylic acid groups (broad SMARTS) is 1. The van der Waals surface area contributed by atoms with Gasteiger partial charge in [0.05, 0.1) is 33.6 Å². The van der Waals surface area contributed by atoms with E-state index in [0.717, 1.165) is 12.3 Å². The third-order valence-electron chi connectivity index (χ3n) is 6.90. The van der Waals surface area contributed by atoms with Gasteiger partial charge in [0.1, 0.15) is 18.0 Å². The normalized spacial score (nSPS) is 16.0. The van der Waals surface area contributed by atoms with Gasteiger partial charge in [-0.2, -0.15) is 13.2 Å². The molecule has 13 heteroatoms. The summed E-state index contributed by atoms with van der Waals surface area (Å²) in [6, 6.07) is 12.5. The number of rotatable bonds is 8. The molecule has 2 N–H and O–H groups in total. The molecule has 41 heavy (non-hydrogen) atoms. The monoisotopic (exact) mass is 587 g/mol. The molecular formula is C28H24F3N3O6S. The van der Waals surface area contributed by atoms with Crippen LogP contribution in [0.3, 0.4) is 0 Å². The molecule has 5 rings (SSSR count). The van der Waals surface area contributed by atoms with Crippen LogP contribution in [0.2, 0.25) is 0 Å². The number of carbonyl (C=O) groups excluding carboxylic acids is 1. The first kappa shape index (κ1) is 28.1. The number of amides is 1. The topological polar surface area (TPSA) is 130 Å². The van der Waals surface area contributed by atoms with Gasteiger partial charge in [0.25, 0.3) is 0 Å². The molecule has 9 nitrogen and oxygen atoms in total. The molecule has 4 aromatic rings. The van der Waals surface area contributed by atoms with Crippen molar-refractivity contribution in [3.05, 3.63) is 71.9 Å². The van der Waals surface area contributed by atoms with Gasteiger partial charge in [0.15, 0.2) is 9.84 Å². The molecule has 1 saturated heterocycles. The smallest absolute Gasteiger partial charge is 0.417 e. The number of aromatic amines is 1. The average Bonchev–Trinajstić information content (AvgIpc) is 3.50. The lowest BCUT2D eigenvalue weighted by Gasteiger charge is -2.25. The lowest BCUT2D eigenvalue weighted by molar-refractivity contribution is -0.143. The minimum Gasteiger partial charge on any atom is -0.480 e. The molecule has 2 aromatic heterocycles. The van der Waals surface area contributed by atoms with Gasteiger partial charge >= 0.3 is 12.1 Å². The van der Waals surface area contributed by atoms with Crippen molar-refractivity contribution >= 4 is 32.6 Å². The van der Waals surface area contributed by atoms with Crippen LogP contribution in [-0.4, -0.2) is 52.6 Å². The fourth-order valence-corrected chi connectivity index (χ4v) is 5.68. The summed E-state index contributed by atoms with van der Waals surface area (Å²) in [6.07, 6.45) is -3.29. The molecular weight excluding hydrogens is 563 g/mol. The molecule has 214 valence electrons. The van der Waals surface area contributed by atoms with Crippen LogP contribution in [0.25, 0.3) is 22.3 Å². The Morgan fingerprint density at radius 3 is 2.49 bits per heavy atom. The number of hydrogen-bond acceptors (Lipinski definition) is 6. The Morgan fingerprint density at radius 1 is 1.15 bits per heavy atom. The van der Waals surface area contributed by atoms with E-state index in [2.05, 4.69) is 9.97 Å². The molecule has 0 bridgehead atoms. The van der Waals surface area contributed by atoms with Gasteiger partial charge in [0.2, 0.25) is 5.91 Å². The molecule has 2 aromatic carbocycles. The number of fused-ring (bicyclic) bond motifs is 1.